The molecule has 0 saturated carbocycles. The zero-order valence-corrected chi connectivity index (χ0v) is 8.11. The molecule has 0 heterocycles. The summed E-state index contributed by atoms with van der Waals surface area (Å²) in [5.74, 6) is 0. The number of hydrogen-bond acceptors (Lipinski definition) is 1. The molecule has 0 unspecified atom stereocenters. The topological polar surface area (TPSA) is 23.6 Å². The molecular formula is C9H16N2O. The number of allylic oxidation sites excluding steroid dienone is 2. The second-order valence-corrected chi connectivity index (χ2v) is 2.55. The third kappa shape index (κ3) is 3.23. The molecular weight excluding hydrogens is 152 g/mol. The minimum Gasteiger partial charge on any atom is -0.330 e. The molecule has 0 spiro atoms. The lowest BCUT2D eigenvalue weighted by Crippen LogP contribution is -2.32. The highest BCUT2D eigenvalue weighted by Crippen LogP contribution is 1.97. The summed E-state index contributed by atoms with van der Waals surface area (Å²) in [4.78, 5) is 14.4. The Labute approximate surface area is 74.0 Å². The van der Waals surface area contributed by atoms with E-state index in [2.05, 4.69) is 0 Å². The number of nitrogens with zero attached hydrogens (tertiary/aromatic N) is 2. The van der Waals surface area contributed by atoms with Crippen molar-refractivity contribution < 1.29 is 4.79 Å². The van der Waals surface area contributed by atoms with Crippen molar-refractivity contribution in [1.29, 1.82) is 0 Å². The first-order valence-electron chi connectivity index (χ1n) is 3.88. The molecule has 0 N–H and O–H groups in total. The molecule has 0 radical (unpaired) electrons. The fraction of sp³-hybridized carbons (Fsp3) is 0.444. The van der Waals surface area contributed by atoms with Gasteiger partial charge in [-0.1, -0.05) is 12.2 Å². The van der Waals surface area contributed by atoms with Crippen molar-refractivity contribution in [2.75, 3.05) is 14.1 Å². The van der Waals surface area contributed by atoms with Gasteiger partial charge in [-0.3, -0.25) is 4.90 Å². The quantitative estimate of drug-likeness (QED) is 0.619. The summed E-state index contributed by atoms with van der Waals surface area (Å²) < 4.78 is 0. The predicted octanol–water partition coefficient (Wildman–Crippen LogP) is 2.04. The molecule has 2 amide bonds. The Morgan fingerprint density at radius 2 is 1.50 bits per heavy atom. The van der Waals surface area contributed by atoms with E-state index in [0.717, 1.165) is 0 Å². The molecule has 0 aliphatic rings. The standard InChI is InChI=1S/C9H16N2O/c1-5-7-11(8-6-2)9(12)10(3)4/h5-8H,1-4H3/b7-5+,8-6+. The first kappa shape index (κ1) is 10.8. The second-order valence-electron chi connectivity index (χ2n) is 2.55. The molecule has 0 aromatic heterocycles. The maximum atomic E-state index is 11.4. The van der Waals surface area contributed by atoms with Gasteiger partial charge in [0.1, 0.15) is 0 Å². The zero-order chi connectivity index (χ0) is 9.56. The monoisotopic (exact) mass is 168 g/mol. The van der Waals surface area contributed by atoms with Gasteiger partial charge >= 0.3 is 6.03 Å². The average Bonchev–Trinajstić information content (AvgIpc) is 2.03. The third-order valence-corrected chi connectivity index (χ3v) is 1.22. The van der Waals surface area contributed by atoms with Crippen molar-refractivity contribution in [2.45, 2.75) is 13.8 Å². The highest BCUT2D eigenvalue weighted by molar-refractivity contribution is 5.75. The van der Waals surface area contributed by atoms with Crippen LogP contribution in [0.5, 0.6) is 0 Å². The van der Waals surface area contributed by atoms with Crippen LogP contribution in [0.3, 0.4) is 0 Å². The summed E-state index contributed by atoms with van der Waals surface area (Å²) in [6.45, 7) is 3.75. The molecule has 0 aliphatic heterocycles. The van der Waals surface area contributed by atoms with Gasteiger partial charge in [-0.05, 0) is 13.8 Å². The van der Waals surface area contributed by atoms with Gasteiger partial charge in [-0.25, -0.2) is 4.79 Å². The molecule has 0 saturated heterocycles. The van der Waals surface area contributed by atoms with Crippen molar-refractivity contribution in [2.24, 2.45) is 0 Å². The van der Waals surface area contributed by atoms with Gasteiger partial charge in [0.2, 0.25) is 0 Å². The van der Waals surface area contributed by atoms with Crippen molar-refractivity contribution in [3.8, 4) is 0 Å². The fourth-order valence-corrected chi connectivity index (χ4v) is 0.729. The van der Waals surface area contributed by atoms with Crippen LogP contribution in [0.1, 0.15) is 13.8 Å². The SMILES string of the molecule is C/C=C/N(/C=C/C)C(=O)N(C)C. The molecule has 0 aromatic rings. The third-order valence-electron chi connectivity index (χ3n) is 1.22. The maximum absolute atomic E-state index is 11.4. The van der Waals surface area contributed by atoms with E-state index in [9.17, 15) is 4.79 Å². The van der Waals surface area contributed by atoms with Crippen LogP contribution in [-0.2, 0) is 0 Å². The van der Waals surface area contributed by atoms with E-state index in [1.807, 2.05) is 26.0 Å². The number of carbonyl (C=O) groups excluding carboxylic acids is 1. The van der Waals surface area contributed by atoms with E-state index in [1.54, 1.807) is 26.5 Å². The van der Waals surface area contributed by atoms with Crippen molar-refractivity contribution >= 4 is 6.03 Å². The number of rotatable bonds is 2. The van der Waals surface area contributed by atoms with Crippen LogP contribution in [0, 0.1) is 0 Å². The Morgan fingerprint density at radius 3 is 1.75 bits per heavy atom. The number of amides is 2. The van der Waals surface area contributed by atoms with Gasteiger partial charge in [0.05, 0.1) is 0 Å². The Morgan fingerprint density at radius 1 is 1.08 bits per heavy atom. The van der Waals surface area contributed by atoms with Gasteiger partial charge in [-0.2, -0.15) is 0 Å². The summed E-state index contributed by atoms with van der Waals surface area (Å²) in [6.07, 6.45) is 7.09. The van der Waals surface area contributed by atoms with E-state index < -0.39 is 0 Å². The lowest BCUT2D eigenvalue weighted by Gasteiger charge is -2.18. The Bertz CT molecular complexity index is 183. The van der Waals surface area contributed by atoms with Crippen LogP contribution in [0.15, 0.2) is 24.6 Å². The van der Waals surface area contributed by atoms with Crippen LogP contribution in [-0.4, -0.2) is 29.9 Å². The highest BCUT2D eigenvalue weighted by atomic mass is 16.2. The molecule has 12 heavy (non-hydrogen) atoms. The van der Waals surface area contributed by atoms with Crippen molar-refractivity contribution in [1.82, 2.24) is 9.80 Å². The lowest BCUT2D eigenvalue weighted by atomic mass is 10.5. The average molecular weight is 168 g/mol. The minimum atomic E-state index is -0.0498. The van der Waals surface area contributed by atoms with E-state index in [-0.39, 0.29) is 6.03 Å². The van der Waals surface area contributed by atoms with Gasteiger partial charge in [0.25, 0.3) is 0 Å². The molecule has 0 aromatic carbocycles. The smallest absolute Gasteiger partial charge is 0.327 e. The van der Waals surface area contributed by atoms with Gasteiger partial charge in [0, 0.05) is 26.5 Å². The first-order valence-corrected chi connectivity index (χ1v) is 3.88. The van der Waals surface area contributed by atoms with Crippen molar-refractivity contribution in [3.05, 3.63) is 24.6 Å². The highest BCUT2D eigenvalue weighted by Gasteiger charge is 2.07. The molecule has 0 rings (SSSR count). The second kappa shape index (κ2) is 5.41. The van der Waals surface area contributed by atoms with Crippen molar-refractivity contribution in [3.63, 3.8) is 0 Å². The molecule has 3 heteroatoms. The van der Waals surface area contributed by atoms with Crippen LogP contribution >= 0.6 is 0 Å². The van der Waals surface area contributed by atoms with Crippen LogP contribution in [0.2, 0.25) is 0 Å². The summed E-state index contributed by atoms with van der Waals surface area (Å²) >= 11 is 0. The number of hydrogen-bond donors (Lipinski definition) is 0. The summed E-state index contributed by atoms with van der Waals surface area (Å²) in [7, 11) is 3.45. The molecule has 3 nitrogen and oxygen atoms in total. The summed E-state index contributed by atoms with van der Waals surface area (Å²) in [5, 5.41) is 0. The maximum Gasteiger partial charge on any atom is 0.327 e. The van der Waals surface area contributed by atoms with Crippen LogP contribution in [0.25, 0.3) is 0 Å². The van der Waals surface area contributed by atoms with Gasteiger partial charge in [-0.15, -0.1) is 0 Å². The van der Waals surface area contributed by atoms with E-state index in [1.165, 1.54) is 9.80 Å². The van der Waals surface area contributed by atoms with Gasteiger partial charge in [0.15, 0.2) is 0 Å². The number of urea groups is 1. The molecule has 0 aliphatic carbocycles. The number of carbonyl (C=O) groups is 1. The molecule has 0 atom stereocenters. The predicted molar refractivity (Wildman–Crippen MR) is 50.6 cm³/mol. The summed E-state index contributed by atoms with van der Waals surface area (Å²) in [6, 6.07) is -0.0498. The molecule has 0 bridgehead atoms. The van der Waals surface area contributed by atoms with Crippen LogP contribution < -0.4 is 0 Å². The van der Waals surface area contributed by atoms with E-state index >= 15 is 0 Å². The fourth-order valence-electron chi connectivity index (χ4n) is 0.729. The van der Waals surface area contributed by atoms with Crippen LogP contribution in [0.4, 0.5) is 4.79 Å². The molecule has 0 fully saturated rings. The summed E-state index contributed by atoms with van der Waals surface area (Å²) in [5.41, 5.74) is 0. The van der Waals surface area contributed by atoms with E-state index in [4.69, 9.17) is 0 Å². The first-order chi connectivity index (χ1) is 5.63. The largest absolute Gasteiger partial charge is 0.330 e. The molecule has 68 valence electrons. The normalized spacial score (nSPS) is 11.0. The Kier molecular flexibility index (Phi) is 4.84. The van der Waals surface area contributed by atoms with E-state index in [0.29, 0.717) is 0 Å². The zero-order valence-electron chi connectivity index (χ0n) is 8.11. The Hall–Kier alpha value is -1.25. The lowest BCUT2D eigenvalue weighted by molar-refractivity contribution is 0.200. The minimum absolute atomic E-state index is 0.0498. The van der Waals surface area contributed by atoms with Gasteiger partial charge < -0.3 is 4.90 Å². The Balaban J connectivity index is 4.40.